The molecule has 1 atom stereocenters. The SMILES string of the molecule is CC(C)(C)CC1CC2(CCNCC2)O1. The standard InChI is InChI=1S/C12H23NO/c1-11(2,3)8-10-9-12(14-10)4-6-13-7-5-12/h10,13H,4-9H2,1-3H3. The van der Waals surface area contributed by atoms with Gasteiger partial charge in [-0.3, -0.25) is 0 Å². The molecule has 1 unspecified atom stereocenters. The maximum absolute atomic E-state index is 6.10. The fourth-order valence-electron chi connectivity index (χ4n) is 2.76. The van der Waals surface area contributed by atoms with Gasteiger partial charge in [-0.15, -0.1) is 0 Å². The molecule has 0 radical (unpaired) electrons. The van der Waals surface area contributed by atoms with Crippen LogP contribution in [0.25, 0.3) is 0 Å². The number of rotatable bonds is 1. The maximum atomic E-state index is 6.10. The lowest BCUT2D eigenvalue weighted by Crippen LogP contribution is -2.56. The topological polar surface area (TPSA) is 21.3 Å². The zero-order valence-electron chi connectivity index (χ0n) is 9.73. The third-order valence-corrected chi connectivity index (χ3v) is 3.37. The normalized spacial score (nSPS) is 31.5. The molecule has 0 aromatic rings. The van der Waals surface area contributed by atoms with Gasteiger partial charge in [0.1, 0.15) is 0 Å². The van der Waals surface area contributed by atoms with Gasteiger partial charge in [-0.1, -0.05) is 20.8 Å². The number of hydrogen-bond acceptors (Lipinski definition) is 2. The third kappa shape index (κ3) is 2.29. The van der Waals surface area contributed by atoms with Crippen molar-refractivity contribution in [1.82, 2.24) is 5.32 Å². The van der Waals surface area contributed by atoms with Crippen LogP contribution in [0.5, 0.6) is 0 Å². The predicted molar refractivity (Wildman–Crippen MR) is 58.4 cm³/mol. The Morgan fingerprint density at radius 2 is 1.86 bits per heavy atom. The van der Waals surface area contributed by atoms with E-state index in [-0.39, 0.29) is 5.60 Å². The van der Waals surface area contributed by atoms with Crippen molar-refractivity contribution in [2.24, 2.45) is 5.41 Å². The van der Waals surface area contributed by atoms with Gasteiger partial charge in [0.2, 0.25) is 0 Å². The van der Waals surface area contributed by atoms with Gasteiger partial charge in [-0.25, -0.2) is 0 Å². The average molecular weight is 197 g/mol. The van der Waals surface area contributed by atoms with E-state index >= 15 is 0 Å². The summed E-state index contributed by atoms with van der Waals surface area (Å²) in [5.74, 6) is 0. The molecule has 0 bridgehead atoms. The zero-order chi connectivity index (χ0) is 10.2. The Labute approximate surface area is 87.4 Å². The number of hydrogen-bond donors (Lipinski definition) is 1. The number of ether oxygens (including phenoxy) is 1. The monoisotopic (exact) mass is 197 g/mol. The second kappa shape index (κ2) is 3.49. The van der Waals surface area contributed by atoms with Crippen LogP contribution in [0.1, 0.15) is 46.5 Å². The van der Waals surface area contributed by atoms with Gasteiger partial charge in [0, 0.05) is 6.42 Å². The molecule has 0 amide bonds. The highest BCUT2D eigenvalue weighted by molar-refractivity contribution is 4.97. The first kappa shape index (κ1) is 10.4. The van der Waals surface area contributed by atoms with Crippen LogP contribution in [-0.4, -0.2) is 24.8 Å². The van der Waals surface area contributed by atoms with Gasteiger partial charge >= 0.3 is 0 Å². The lowest BCUT2D eigenvalue weighted by molar-refractivity contribution is -0.225. The molecule has 82 valence electrons. The van der Waals surface area contributed by atoms with Gasteiger partial charge in [0.15, 0.2) is 0 Å². The van der Waals surface area contributed by atoms with Crippen molar-refractivity contribution < 1.29 is 4.74 Å². The molecule has 2 rings (SSSR count). The van der Waals surface area contributed by atoms with Crippen LogP contribution in [0, 0.1) is 5.41 Å². The highest BCUT2D eigenvalue weighted by Crippen LogP contribution is 2.43. The lowest BCUT2D eigenvalue weighted by atomic mass is 9.76. The Bertz CT molecular complexity index is 193. The Morgan fingerprint density at radius 1 is 1.29 bits per heavy atom. The van der Waals surface area contributed by atoms with E-state index in [4.69, 9.17) is 4.74 Å². The fraction of sp³-hybridized carbons (Fsp3) is 1.00. The summed E-state index contributed by atoms with van der Waals surface area (Å²) in [5, 5.41) is 3.39. The van der Waals surface area contributed by atoms with E-state index in [1.807, 2.05) is 0 Å². The second-order valence-corrected chi connectivity index (χ2v) is 6.14. The van der Waals surface area contributed by atoms with Crippen LogP contribution >= 0.6 is 0 Å². The van der Waals surface area contributed by atoms with Gasteiger partial charge in [-0.2, -0.15) is 0 Å². The Balaban J connectivity index is 1.78. The van der Waals surface area contributed by atoms with Crippen LogP contribution in [0.4, 0.5) is 0 Å². The third-order valence-electron chi connectivity index (χ3n) is 3.37. The molecule has 2 nitrogen and oxygen atoms in total. The van der Waals surface area contributed by atoms with Crippen LogP contribution in [-0.2, 0) is 4.74 Å². The minimum absolute atomic E-state index is 0.279. The number of piperidine rings is 1. The second-order valence-electron chi connectivity index (χ2n) is 6.14. The average Bonchev–Trinajstić information content (AvgIpc) is 2.00. The van der Waals surface area contributed by atoms with Gasteiger partial charge in [-0.05, 0) is 37.8 Å². The largest absolute Gasteiger partial charge is 0.371 e. The van der Waals surface area contributed by atoms with Crippen molar-refractivity contribution >= 4 is 0 Å². The first-order valence-corrected chi connectivity index (χ1v) is 5.88. The minimum Gasteiger partial charge on any atom is -0.371 e. The van der Waals surface area contributed by atoms with Crippen molar-refractivity contribution in [1.29, 1.82) is 0 Å². The first-order chi connectivity index (χ1) is 6.49. The summed E-state index contributed by atoms with van der Waals surface area (Å²) in [6, 6.07) is 0. The van der Waals surface area contributed by atoms with E-state index in [1.165, 1.54) is 25.7 Å². The molecule has 2 heterocycles. The van der Waals surface area contributed by atoms with Crippen LogP contribution in [0.15, 0.2) is 0 Å². The van der Waals surface area contributed by atoms with E-state index in [2.05, 4.69) is 26.1 Å². The van der Waals surface area contributed by atoms with Crippen molar-refractivity contribution in [2.45, 2.75) is 58.2 Å². The molecule has 14 heavy (non-hydrogen) atoms. The lowest BCUT2D eigenvalue weighted by Gasteiger charge is -2.51. The van der Waals surface area contributed by atoms with E-state index in [1.54, 1.807) is 0 Å². The Morgan fingerprint density at radius 3 is 2.36 bits per heavy atom. The van der Waals surface area contributed by atoms with Crippen molar-refractivity contribution in [3.05, 3.63) is 0 Å². The first-order valence-electron chi connectivity index (χ1n) is 5.88. The van der Waals surface area contributed by atoms with Crippen LogP contribution in [0.3, 0.4) is 0 Å². The van der Waals surface area contributed by atoms with Gasteiger partial charge < -0.3 is 10.1 Å². The molecule has 0 aromatic heterocycles. The smallest absolute Gasteiger partial charge is 0.0735 e. The zero-order valence-corrected chi connectivity index (χ0v) is 9.73. The quantitative estimate of drug-likeness (QED) is 0.696. The molecule has 1 N–H and O–H groups in total. The molecule has 0 aliphatic carbocycles. The molecule has 1 spiro atoms. The van der Waals surface area contributed by atoms with Crippen molar-refractivity contribution in [2.75, 3.05) is 13.1 Å². The van der Waals surface area contributed by atoms with Gasteiger partial charge in [0.05, 0.1) is 11.7 Å². The molecular weight excluding hydrogens is 174 g/mol. The Kier molecular flexibility index (Phi) is 2.61. The van der Waals surface area contributed by atoms with E-state index in [0.29, 0.717) is 11.5 Å². The Hall–Kier alpha value is -0.0800. The van der Waals surface area contributed by atoms with E-state index < -0.39 is 0 Å². The summed E-state index contributed by atoms with van der Waals surface area (Å²) in [4.78, 5) is 0. The summed E-state index contributed by atoms with van der Waals surface area (Å²) < 4.78 is 6.10. The molecule has 2 heteroatoms. The summed E-state index contributed by atoms with van der Waals surface area (Å²) in [6.45, 7) is 9.17. The molecule has 2 saturated heterocycles. The van der Waals surface area contributed by atoms with Crippen molar-refractivity contribution in [3.63, 3.8) is 0 Å². The number of nitrogens with one attached hydrogen (secondary N) is 1. The summed E-state index contributed by atoms with van der Waals surface area (Å²) in [7, 11) is 0. The fourth-order valence-corrected chi connectivity index (χ4v) is 2.76. The summed E-state index contributed by atoms with van der Waals surface area (Å²) in [6.07, 6.45) is 5.48. The highest BCUT2D eigenvalue weighted by Gasteiger charge is 2.46. The maximum Gasteiger partial charge on any atom is 0.0735 e. The predicted octanol–water partition coefficient (Wildman–Crippen LogP) is 2.33. The molecule has 2 aliphatic heterocycles. The molecular formula is C12H23NO. The van der Waals surface area contributed by atoms with Crippen LogP contribution < -0.4 is 5.32 Å². The summed E-state index contributed by atoms with van der Waals surface area (Å²) >= 11 is 0. The van der Waals surface area contributed by atoms with Crippen LogP contribution in [0.2, 0.25) is 0 Å². The van der Waals surface area contributed by atoms with E-state index in [0.717, 1.165) is 13.1 Å². The van der Waals surface area contributed by atoms with Crippen molar-refractivity contribution in [3.8, 4) is 0 Å². The molecule has 2 fully saturated rings. The van der Waals surface area contributed by atoms with Gasteiger partial charge in [0.25, 0.3) is 0 Å². The highest BCUT2D eigenvalue weighted by atomic mass is 16.5. The van der Waals surface area contributed by atoms with E-state index in [9.17, 15) is 0 Å². The molecule has 2 aliphatic rings. The summed E-state index contributed by atoms with van der Waals surface area (Å²) in [5.41, 5.74) is 0.695. The minimum atomic E-state index is 0.279. The molecule has 0 aromatic carbocycles. The molecule has 0 saturated carbocycles.